The molecule has 0 spiro atoms. The number of likely N-dealkylation sites (tertiary alicyclic amines) is 1. The second-order valence-corrected chi connectivity index (χ2v) is 8.21. The molecule has 0 radical (unpaired) electrons. The monoisotopic (exact) mass is 499 g/mol. The fourth-order valence-electron chi connectivity index (χ4n) is 4.15. The number of hydrogen-bond donors (Lipinski definition) is 2. The molecule has 1 saturated heterocycles. The minimum atomic E-state index is -0.549. The van der Waals surface area contributed by atoms with Gasteiger partial charge in [-0.3, -0.25) is 9.69 Å². The van der Waals surface area contributed by atoms with E-state index in [1.165, 1.54) is 32.2 Å². The van der Waals surface area contributed by atoms with Crippen LogP contribution in [0.4, 0.5) is 5.82 Å². The predicted octanol–water partition coefficient (Wildman–Crippen LogP) is 1.40. The summed E-state index contributed by atoms with van der Waals surface area (Å²) in [4.78, 5) is 15.4. The Morgan fingerprint density at radius 2 is 2.03 bits per heavy atom. The van der Waals surface area contributed by atoms with Gasteiger partial charge in [0.25, 0.3) is 5.91 Å². The molecule has 14 nitrogen and oxygen atoms in total. The first-order valence-corrected chi connectivity index (χ1v) is 11.4. The number of ether oxygens (including phenoxy) is 3. The van der Waals surface area contributed by atoms with Crippen molar-refractivity contribution in [1.82, 2.24) is 35.6 Å². The van der Waals surface area contributed by atoms with Gasteiger partial charge in [0.05, 0.1) is 33.2 Å². The molecular formula is C22H29N9O5. The summed E-state index contributed by atoms with van der Waals surface area (Å²) < 4.78 is 22.2. The fourth-order valence-corrected chi connectivity index (χ4v) is 4.15. The molecule has 0 saturated carbocycles. The minimum absolute atomic E-state index is 0.0402. The maximum Gasteiger partial charge on any atom is 0.293 e. The smallest absolute Gasteiger partial charge is 0.293 e. The number of rotatable bonds is 9. The normalized spacial score (nSPS) is 16.3. The van der Waals surface area contributed by atoms with Crippen molar-refractivity contribution < 1.29 is 23.6 Å². The van der Waals surface area contributed by atoms with Gasteiger partial charge in [-0.2, -0.15) is 9.78 Å². The highest BCUT2D eigenvalue weighted by atomic mass is 16.6. The van der Waals surface area contributed by atoms with Crippen molar-refractivity contribution in [2.45, 2.75) is 38.8 Å². The molecule has 1 atom stereocenters. The van der Waals surface area contributed by atoms with Crippen LogP contribution in [0, 0.1) is 0 Å². The minimum Gasteiger partial charge on any atom is -0.493 e. The predicted molar refractivity (Wildman–Crippen MR) is 129 cm³/mol. The number of carbonyl (C=O) groups is 1. The maximum atomic E-state index is 13.1. The van der Waals surface area contributed by atoms with E-state index < -0.39 is 5.91 Å². The summed E-state index contributed by atoms with van der Waals surface area (Å²) in [6.07, 6.45) is 4.73. The standard InChI is InChI=1S/C22H29N9O5/c1-13-7-5-6-10-30(13)12-15-17(25-29-31(15)21-20(23)27-36-28-21)22(32)26-24-11-14-8-9-16(33-2)19(35-4)18(14)34-3/h8-9,11,13H,5-7,10,12H2,1-4H3,(H2,23,27)(H,26,32)/b24-11+/t13-/m0/s1. The van der Waals surface area contributed by atoms with Crippen LogP contribution in [0.25, 0.3) is 5.82 Å². The number of amides is 1. The van der Waals surface area contributed by atoms with Crippen molar-refractivity contribution in [2.75, 3.05) is 33.6 Å². The van der Waals surface area contributed by atoms with Crippen LogP contribution in [-0.2, 0) is 6.54 Å². The van der Waals surface area contributed by atoms with Gasteiger partial charge >= 0.3 is 0 Å². The summed E-state index contributed by atoms with van der Waals surface area (Å²) in [5.74, 6) is 0.986. The number of anilines is 1. The van der Waals surface area contributed by atoms with Crippen molar-refractivity contribution in [1.29, 1.82) is 0 Å². The van der Waals surface area contributed by atoms with E-state index in [2.05, 4.69) is 43.0 Å². The van der Waals surface area contributed by atoms with Gasteiger partial charge in [0.15, 0.2) is 17.2 Å². The number of hydrogen-bond acceptors (Lipinski definition) is 12. The third-order valence-electron chi connectivity index (χ3n) is 6.07. The van der Waals surface area contributed by atoms with E-state index in [0.717, 1.165) is 25.8 Å². The molecule has 3 N–H and O–H groups in total. The number of benzene rings is 1. The molecule has 1 fully saturated rings. The highest BCUT2D eigenvalue weighted by Crippen LogP contribution is 2.39. The van der Waals surface area contributed by atoms with Crippen molar-refractivity contribution in [3.05, 3.63) is 29.1 Å². The first kappa shape index (κ1) is 24.9. The van der Waals surface area contributed by atoms with Crippen LogP contribution in [-0.4, -0.2) is 76.2 Å². The van der Waals surface area contributed by atoms with Crippen LogP contribution in [0.3, 0.4) is 0 Å². The third kappa shape index (κ3) is 4.93. The number of hydrazone groups is 1. The fraction of sp³-hybridized carbons (Fsp3) is 0.455. The second kappa shape index (κ2) is 11.0. The van der Waals surface area contributed by atoms with Crippen molar-refractivity contribution >= 4 is 17.9 Å². The highest BCUT2D eigenvalue weighted by molar-refractivity contribution is 5.94. The first-order valence-electron chi connectivity index (χ1n) is 11.4. The van der Waals surface area contributed by atoms with Gasteiger partial charge < -0.3 is 19.9 Å². The number of carbonyl (C=O) groups excluding carboxylic acids is 1. The summed E-state index contributed by atoms with van der Waals surface area (Å²) in [5.41, 5.74) is 9.55. The van der Waals surface area contributed by atoms with E-state index in [1.54, 1.807) is 12.1 Å². The second-order valence-electron chi connectivity index (χ2n) is 8.21. The zero-order valence-electron chi connectivity index (χ0n) is 20.6. The Labute approximate surface area is 207 Å². The number of aromatic nitrogens is 5. The Morgan fingerprint density at radius 1 is 1.22 bits per heavy atom. The number of nitrogens with two attached hydrogens (primary N) is 1. The molecule has 4 rings (SSSR count). The van der Waals surface area contributed by atoms with Gasteiger partial charge in [-0.15, -0.1) is 5.10 Å². The molecule has 0 aliphatic carbocycles. The Bertz CT molecular complexity index is 1240. The Balaban J connectivity index is 1.60. The number of nitrogens with one attached hydrogen (secondary N) is 1. The van der Waals surface area contributed by atoms with Gasteiger partial charge in [0.2, 0.25) is 17.4 Å². The van der Waals surface area contributed by atoms with Gasteiger partial charge in [-0.05, 0) is 48.8 Å². The molecule has 36 heavy (non-hydrogen) atoms. The van der Waals surface area contributed by atoms with E-state index in [-0.39, 0.29) is 17.3 Å². The lowest BCUT2D eigenvalue weighted by Gasteiger charge is -2.33. The van der Waals surface area contributed by atoms with E-state index in [0.29, 0.717) is 41.1 Å². The van der Waals surface area contributed by atoms with E-state index >= 15 is 0 Å². The average molecular weight is 500 g/mol. The molecule has 14 heteroatoms. The quantitative estimate of drug-likeness (QED) is 0.322. The SMILES string of the molecule is COc1ccc(/C=N/NC(=O)c2nnn(-c3nonc3N)c2CN2CCCC[C@@H]2C)c(OC)c1OC. The van der Waals surface area contributed by atoms with E-state index in [9.17, 15) is 4.79 Å². The van der Waals surface area contributed by atoms with Gasteiger partial charge in [0.1, 0.15) is 0 Å². The van der Waals surface area contributed by atoms with Crippen molar-refractivity contribution in [3.8, 4) is 23.1 Å². The summed E-state index contributed by atoms with van der Waals surface area (Å²) in [7, 11) is 4.54. The third-order valence-corrected chi connectivity index (χ3v) is 6.07. The molecule has 0 unspecified atom stereocenters. The average Bonchev–Trinajstić information content (AvgIpc) is 3.50. The number of methoxy groups -OCH3 is 3. The number of nitrogens with zero attached hydrogens (tertiary/aromatic N) is 7. The maximum absolute atomic E-state index is 13.1. The van der Waals surface area contributed by atoms with Crippen LogP contribution >= 0.6 is 0 Å². The van der Waals surface area contributed by atoms with E-state index in [4.69, 9.17) is 24.6 Å². The zero-order chi connectivity index (χ0) is 25.7. The molecule has 2 aromatic heterocycles. The van der Waals surface area contributed by atoms with Crippen LogP contribution < -0.4 is 25.4 Å². The number of nitrogen functional groups attached to an aromatic ring is 1. The first-order chi connectivity index (χ1) is 17.5. The molecule has 1 aromatic carbocycles. The zero-order valence-corrected chi connectivity index (χ0v) is 20.6. The lowest BCUT2D eigenvalue weighted by atomic mass is 10.0. The molecular weight excluding hydrogens is 470 g/mol. The van der Waals surface area contributed by atoms with Crippen LogP contribution in [0.15, 0.2) is 21.9 Å². The molecule has 3 heterocycles. The lowest BCUT2D eigenvalue weighted by molar-refractivity contribution is 0.0945. The van der Waals surface area contributed by atoms with Crippen LogP contribution in [0.1, 0.15) is 47.9 Å². The topological polar surface area (TPSA) is 168 Å². The van der Waals surface area contributed by atoms with Gasteiger partial charge in [-0.25, -0.2) is 10.1 Å². The molecule has 0 bridgehead atoms. The molecule has 1 aliphatic heterocycles. The number of piperidine rings is 1. The molecule has 192 valence electrons. The molecule has 1 aliphatic rings. The van der Waals surface area contributed by atoms with Gasteiger partial charge in [-0.1, -0.05) is 11.6 Å². The summed E-state index contributed by atoms with van der Waals surface area (Å²) in [6.45, 7) is 3.45. The van der Waals surface area contributed by atoms with Crippen LogP contribution in [0.5, 0.6) is 17.2 Å². The summed E-state index contributed by atoms with van der Waals surface area (Å²) >= 11 is 0. The Kier molecular flexibility index (Phi) is 7.63. The Morgan fingerprint density at radius 3 is 2.69 bits per heavy atom. The van der Waals surface area contributed by atoms with Gasteiger partial charge in [0, 0.05) is 18.2 Å². The lowest BCUT2D eigenvalue weighted by Crippen LogP contribution is -2.38. The molecule has 3 aromatic rings. The van der Waals surface area contributed by atoms with Crippen LogP contribution in [0.2, 0.25) is 0 Å². The summed E-state index contributed by atoms with van der Waals surface area (Å²) in [6, 6.07) is 3.78. The highest BCUT2D eigenvalue weighted by Gasteiger charge is 2.28. The summed E-state index contributed by atoms with van der Waals surface area (Å²) in [5, 5.41) is 19.7. The largest absolute Gasteiger partial charge is 0.493 e. The van der Waals surface area contributed by atoms with E-state index in [1.807, 2.05) is 0 Å². The van der Waals surface area contributed by atoms with Crippen molar-refractivity contribution in [3.63, 3.8) is 0 Å². The Hall–Kier alpha value is -4.20. The van der Waals surface area contributed by atoms with Crippen molar-refractivity contribution in [2.24, 2.45) is 5.10 Å². The molecule has 1 amide bonds.